The second-order valence-corrected chi connectivity index (χ2v) is 6.61. The molecule has 6 heteroatoms. The summed E-state index contributed by atoms with van der Waals surface area (Å²) < 4.78 is 15.1. The summed E-state index contributed by atoms with van der Waals surface area (Å²) in [6.45, 7) is 3.91. The van der Waals surface area contributed by atoms with E-state index in [0.29, 0.717) is 22.3 Å². The highest BCUT2D eigenvalue weighted by atomic mass is 79.9. The summed E-state index contributed by atoms with van der Waals surface area (Å²) >= 11 is 3.37. The van der Waals surface area contributed by atoms with E-state index in [1.807, 2.05) is 19.9 Å². The Morgan fingerprint density at radius 3 is 2.58 bits per heavy atom. The van der Waals surface area contributed by atoms with Crippen LogP contribution in [0.3, 0.4) is 0 Å². The maximum absolute atomic E-state index is 13.0. The van der Waals surface area contributed by atoms with Gasteiger partial charge < -0.3 is 0 Å². The lowest BCUT2D eigenvalue weighted by Gasteiger charge is -2.11. The third kappa shape index (κ3) is 3.28. The molecule has 0 saturated carbocycles. The molecule has 3 rings (SSSR count). The van der Waals surface area contributed by atoms with E-state index in [2.05, 4.69) is 26.0 Å². The molecule has 4 nitrogen and oxygen atoms in total. The molecule has 3 aromatic rings. The van der Waals surface area contributed by atoms with Crippen LogP contribution in [-0.4, -0.2) is 15.9 Å². The zero-order valence-electron chi connectivity index (χ0n) is 13.2. The third-order valence-electron chi connectivity index (χ3n) is 3.54. The van der Waals surface area contributed by atoms with Crippen LogP contribution in [0.1, 0.15) is 31.2 Å². The van der Waals surface area contributed by atoms with E-state index in [4.69, 9.17) is 0 Å². The molecule has 0 radical (unpaired) electrons. The van der Waals surface area contributed by atoms with Crippen LogP contribution in [0, 0.1) is 5.82 Å². The number of hydrogen-bond donors (Lipinski definition) is 0. The van der Waals surface area contributed by atoms with Crippen molar-refractivity contribution < 1.29 is 4.39 Å². The Labute approximate surface area is 146 Å². The lowest BCUT2D eigenvalue weighted by Crippen LogP contribution is -2.23. The van der Waals surface area contributed by atoms with Gasteiger partial charge in [0.05, 0.1) is 17.1 Å². The summed E-state index contributed by atoms with van der Waals surface area (Å²) in [6, 6.07) is 11.3. The Morgan fingerprint density at radius 2 is 1.92 bits per heavy atom. The minimum Gasteiger partial charge on any atom is -0.267 e. The first-order chi connectivity index (χ1) is 11.5. The van der Waals surface area contributed by atoms with Crippen molar-refractivity contribution in [3.8, 4) is 0 Å². The first-order valence-electron chi connectivity index (χ1n) is 7.48. The number of benzene rings is 2. The van der Waals surface area contributed by atoms with Gasteiger partial charge >= 0.3 is 0 Å². The van der Waals surface area contributed by atoms with Gasteiger partial charge in [0.25, 0.3) is 5.56 Å². The van der Waals surface area contributed by atoms with Crippen molar-refractivity contribution in [3.05, 3.63) is 74.5 Å². The summed E-state index contributed by atoms with van der Waals surface area (Å²) in [5.41, 5.74) is 1.11. The molecule has 0 bridgehead atoms. The van der Waals surface area contributed by atoms with Crippen LogP contribution in [0.15, 0.2) is 56.8 Å². The van der Waals surface area contributed by atoms with E-state index in [9.17, 15) is 9.18 Å². The fourth-order valence-electron chi connectivity index (χ4n) is 2.32. The van der Waals surface area contributed by atoms with Gasteiger partial charge in [-0.15, -0.1) is 0 Å². The zero-order chi connectivity index (χ0) is 17.3. The molecule has 0 aliphatic rings. The molecule has 2 aromatic carbocycles. The molecule has 1 aromatic heterocycles. The van der Waals surface area contributed by atoms with Crippen LogP contribution < -0.4 is 5.56 Å². The van der Waals surface area contributed by atoms with Crippen molar-refractivity contribution in [2.75, 3.05) is 0 Å². The van der Waals surface area contributed by atoms with Crippen LogP contribution in [0.25, 0.3) is 10.9 Å². The molecule has 0 unspecified atom stereocenters. The fourth-order valence-corrected chi connectivity index (χ4v) is 2.69. The second kappa shape index (κ2) is 6.65. The monoisotopic (exact) mass is 387 g/mol. The molecule has 0 atom stereocenters. The largest absolute Gasteiger partial charge is 0.282 e. The molecule has 0 amide bonds. The van der Waals surface area contributed by atoms with E-state index >= 15 is 0 Å². The summed E-state index contributed by atoms with van der Waals surface area (Å²) in [6.07, 6.45) is 1.53. The van der Waals surface area contributed by atoms with Crippen LogP contribution in [0.4, 0.5) is 4.39 Å². The van der Waals surface area contributed by atoms with Crippen molar-refractivity contribution in [2.24, 2.45) is 5.10 Å². The molecular weight excluding hydrogens is 373 g/mol. The molecule has 0 N–H and O–H groups in total. The normalized spacial score (nSPS) is 11.7. The number of fused-ring (bicyclic) bond motifs is 1. The van der Waals surface area contributed by atoms with Crippen LogP contribution in [0.2, 0.25) is 0 Å². The molecule has 0 fully saturated rings. The van der Waals surface area contributed by atoms with Gasteiger partial charge in [0.2, 0.25) is 0 Å². The van der Waals surface area contributed by atoms with Crippen molar-refractivity contribution >= 4 is 33.0 Å². The highest BCUT2D eigenvalue weighted by Crippen LogP contribution is 2.18. The van der Waals surface area contributed by atoms with Gasteiger partial charge in [-0.3, -0.25) is 4.79 Å². The van der Waals surface area contributed by atoms with Gasteiger partial charge in [-0.1, -0.05) is 41.9 Å². The average Bonchev–Trinajstić information content (AvgIpc) is 2.55. The van der Waals surface area contributed by atoms with Gasteiger partial charge in [0, 0.05) is 10.4 Å². The first-order valence-corrected chi connectivity index (χ1v) is 8.27. The van der Waals surface area contributed by atoms with Gasteiger partial charge in [-0.2, -0.15) is 9.78 Å². The molecule has 0 spiro atoms. The van der Waals surface area contributed by atoms with Crippen molar-refractivity contribution in [1.82, 2.24) is 9.66 Å². The Balaban J connectivity index is 2.17. The van der Waals surface area contributed by atoms with Crippen LogP contribution in [0.5, 0.6) is 0 Å². The number of halogens is 2. The van der Waals surface area contributed by atoms with E-state index in [-0.39, 0.29) is 17.3 Å². The fraction of sp³-hybridized carbons (Fsp3) is 0.167. The predicted octanol–water partition coefficient (Wildman–Crippen LogP) is 4.30. The lowest BCUT2D eigenvalue weighted by atomic mass is 10.2. The maximum atomic E-state index is 13.0. The molecule has 0 saturated heterocycles. The smallest absolute Gasteiger partial charge is 0.267 e. The maximum Gasteiger partial charge on any atom is 0.282 e. The second-order valence-electron chi connectivity index (χ2n) is 5.70. The number of aromatic nitrogens is 2. The minimum absolute atomic E-state index is 0.0242. The summed E-state index contributed by atoms with van der Waals surface area (Å²) in [5, 5.41) is 4.78. The van der Waals surface area contributed by atoms with Gasteiger partial charge in [-0.05, 0) is 35.9 Å². The van der Waals surface area contributed by atoms with Crippen LogP contribution in [-0.2, 0) is 0 Å². The third-order valence-corrected chi connectivity index (χ3v) is 4.04. The van der Waals surface area contributed by atoms with Crippen molar-refractivity contribution in [2.45, 2.75) is 19.8 Å². The highest BCUT2D eigenvalue weighted by molar-refractivity contribution is 9.10. The molecule has 1 heterocycles. The Hall–Kier alpha value is -2.34. The molecule has 122 valence electrons. The zero-order valence-corrected chi connectivity index (χ0v) is 14.8. The Bertz CT molecular complexity index is 978. The Morgan fingerprint density at radius 1 is 1.21 bits per heavy atom. The highest BCUT2D eigenvalue weighted by Gasteiger charge is 2.13. The summed E-state index contributed by atoms with van der Waals surface area (Å²) in [7, 11) is 0. The minimum atomic E-state index is -0.315. The predicted molar refractivity (Wildman–Crippen MR) is 97.2 cm³/mol. The first kappa shape index (κ1) is 16.5. The van der Waals surface area contributed by atoms with E-state index in [1.165, 1.54) is 23.0 Å². The molecular formula is C18H15BrFN3O. The van der Waals surface area contributed by atoms with E-state index in [0.717, 1.165) is 4.47 Å². The SMILES string of the molecule is CC(C)c1nc2ccc(Br)cc2c(=O)n1N=Cc1ccc(F)cc1. The average molecular weight is 388 g/mol. The summed E-state index contributed by atoms with van der Waals surface area (Å²) in [5.74, 6) is 0.286. The van der Waals surface area contributed by atoms with Gasteiger partial charge in [0.1, 0.15) is 11.6 Å². The quantitative estimate of drug-likeness (QED) is 0.628. The van der Waals surface area contributed by atoms with Crippen molar-refractivity contribution in [1.29, 1.82) is 0 Å². The standard InChI is InChI=1S/C18H15BrFN3O/c1-11(2)17-22-16-8-5-13(19)9-15(16)18(24)23(17)21-10-12-3-6-14(20)7-4-12/h3-11H,1-2H3. The summed E-state index contributed by atoms with van der Waals surface area (Å²) in [4.78, 5) is 17.4. The molecule has 0 aliphatic carbocycles. The number of hydrogen-bond acceptors (Lipinski definition) is 3. The van der Waals surface area contributed by atoms with Gasteiger partial charge in [-0.25, -0.2) is 9.37 Å². The van der Waals surface area contributed by atoms with Crippen molar-refractivity contribution in [3.63, 3.8) is 0 Å². The van der Waals surface area contributed by atoms with E-state index in [1.54, 1.807) is 24.3 Å². The molecule has 24 heavy (non-hydrogen) atoms. The van der Waals surface area contributed by atoms with Crippen LogP contribution >= 0.6 is 15.9 Å². The number of rotatable bonds is 3. The molecule has 0 aliphatic heterocycles. The van der Waals surface area contributed by atoms with Gasteiger partial charge in [0.15, 0.2) is 0 Å². The Kier molecular flexibility index (Phi) is 4.57. The lowest BCUT2D eigenvalue weighted by molar-refractivity contribution is 0.627. The van der Waals surface area contributed by atoms with E-state index < -0.39 is 0 Å². The number of nitrogens with zero attached hydrogens (tertiary/aromatic N) is 3. The topological polar surface area (TPSA) is 47.2 Å².